The predicted octanol–water partition coefficient (Wildman–Crippen LogP) is 4.49. The van der Waals surface area contributed by atoms with Gasteiger partial charge in [-0.2, -0.15) is 0 Å². The molecule has 1 heterocycles. The van der Waals surface area contributed by atoms with E-state index in [1.54, 1.807) is 23.1 Å². The van der Waals surface area contributed by atoms with Crippen molar-refractivity contribution >= 4 is 17.7 Å². The van der Waals surface area contributed by atoms with Crippen LogP contribution in [0.5, 0.6) is 0 Å². The number of nitrogens with zero attached hydrogens (tertiary/aromatic N) is 2. The van der Waals surface area contributed by atoms with Gasteiger partial charge in [-0.1, -0.05) is 66.7 Å². The third kappa shape index (κ3) is 4.46. The van der Waals surface area contributed by atoms with Gasteiger partial charge in [0.25, 0.3) is 5.91 Å². The average molecular weight is 386 g/mol. The molecule has 0 aromatic heterocycles. The fraction of sp³-hybridized carbons (Fsp3) is 0.167. The minimum absolute atomic E-state index is 0.0767. The maximum absolute atomic E-state index is 13.4. The van der Waals surface area contributed by atoms with Crippen LogP contribution in [-0.4, -0.2) is 30.1 Å². The molecule has 0 radical (unpaired) electrons. The zero-order chi connectivity index (χ0) is 20.1. The SMILES string of the molecule is O=C(c1cccc(N2CCOC2=O)c1)N(Cc1ccccc1)Cc1ccccc1. The summed E-state index contributed by atoms with van der Waals surface area (Å²) in [5.41, 5.74) is 3.36. The molecule has 0 saturated carbocycles. The van der Waals surface area contributed by atoms with E-state index in [-0.39, 0.29) is 12.0 Å². The molecule has 0 N–H and O–H groups in total. The molecule has 0 bridgehead atoms. The molecule has 3 aromatic carbocycles. The Labute approximate surface area is 170 Å². The number of ether oxygens (including phenoxy) is 1. The minimum Gasteiger partial charge on any atom is -0.447 e. The molecule has 0 aliphatic carbocycles. The number of carbonyl (C=O) groups is 2. The van der Waals surface area contributed by atoms with E-state index < -0.39 is 0 Å². The summed E-state index contributed by atoms with van der Waals surface area (Å²) in [6.45, 7) is 1.87. The van der Waals surface area contributed by atoms with Gasteiger partial charge < -0.3 is 9.64 Å². The van der Waals surface area contributed by atoms with Crippen molar-refractivity contribution in [2.24, 2.45) is 0 Å². The molecule has 0 atom stereocenters. The van der Waals surface area contributed by atoms with Gasteiger partial charge in [0, 0.05) is 24.3 Å². The van der Waals surface area contributed by atoms with Crippen molar-refractivity contribution in [2.75, 3.05) is 18.1 Å². The number of carbonyl (C=O) groups excluding carboxylic acids is 2. The maximum atomic E-state index is 13.4. The van der Waals surface area contributed by atoms with E-state index >= 15 is 0 Å². The Morgan fingerprint density at radius 3 is 2.03 bits per heavy atom. The maximum Gasteiger partial charge on any atom is 0.414 e. The number of benzene rings is 3. The van der Waals surface area contributed by atoms with E-state index in [9.17, 15) is 9.59 Å². The van der Waals surface area contributed by atoms with Gasteiger partial charge in [-0.05, 0) is 29.3 Å². The Hall–Kier alpha value is -3.60. The highest BCUT2D eigenvalue weighted by Gasteiger charge is 2.25. The van der Waals surface area contributed by atoms with E-state index in [2.05, 4.69) is 0 Å². The molecule has 1 fully saturated rings. The molecule has 5 heteroatoms. The normalized spacial score (nSPS) is 13.2. The second-order valence-electron chi connectivity index (χ2n) is 6.95. The van der Waals surface area contributed by atoms with Crippen molar-refractivity contribution in [3.63, 3.8) is 0 Å². The van der Waals surface area contributed by atoms with Gasteiger partial charge in [-0.3, -0.25) is 9.69 Å². The molecule has 29 heavy (non-hydrogen) atoms. The zero-order valence-electron chi connectivity index (χ0n) is 16.0. The smallest absolute Gasteiger partial charge is 0.414 e. The molecular formula is C24H22N2O3. The third-order valence-corrected chi connectivity index (χ3v) is 4.89. The van der Waals surface area contributed by atoms with Crippen molar-refractivity contribution in [3.8, 4) is 0 Å². The fourth-order valence-corrected chi connectivity index (χ4v) is 3.42. The average Bonchev–Trinajstić information content (AvgIpc) is 3.20. The van der Waals surface area contributed by atoms with Crippen LogP contribution in [0.3, 0.4) is 0 Å². The van der Waals surface area contributed by atoms with E-state index in [4.69, 9.17) is 4.74 Å². The van der Waals surface area contributed by atoms with Crippen LogP contribution in [-0.2, 0) is 17.8 Å². The van der Waals surface area contributed by atoms with Crippen molar-refractivity contribution in [1.29, 1.82) is 0 Å². The van der Waals surface area contributed by atoms with Crippen LogP contribution < -0.4 is 4.90 Å². The van der Waals surface area contributed by atoms with Crippen molar-refractivity contribution in [2.45, 2.75) is 13.1 Å². The lowest BCUT2D eigenvalue weighted by molar-refractivity contribution is 0.0730. The first-order valence-electron chi connectivity index (χ1n) is 9.62. The van der Waals surface area contributed by atoms with Crippen LogP contribution in [0.25, 0.3) is 0 Å². The Kier molecular flexibility index (Phi) is 5.56. The van der Waals surface area contributed by atoms with Crippen LogP contribution in [0.4, 0.5) is 10.5 Å². The second kappa shape index (κ2) is 8.61. The van der Waals surface area contributed by atoms with Gasteiger partial charge in [0.05, 0.1) is 6.54 Å². The van der Waals surface area contributed by atoms with Gasteiger partial charge in [0.15, 0.2) is 0 Å². The largest absolute Gasteiger partial charge is 0.447 e. The summed E-state index contributed by atoms with van der Waals surface area (Å²) in [6, 6.07) is 27.1. The highest BCUT2D eigenvalue weighted by atomic mass is 16.6. The van der Waals surface area contributed by atoms with E-state index in [1.807, 2.05) is 71.6 Å². The summed E-state index contributed by atoms with van der Waals surface area (Å²) >= 11 is 0. The molecular weight excluding hydrogens is 364 g/mol. The monoisotopic (exact) mass is 386 g/mol. The molecule has 146 valence electrons. The first kappa shape index (κ1) is 18.7. The van der Waals surface area contributed by atoms with Crippen molar-refractivity contribution < 1.29 is 14.3 Å². The quantitative estimate of drug-likeness (QED) is 0.627. The highest BCUT2D eigenvalue weighted by Crippen LogP contribution is 2.22. The lowest BCUT2D eigenvalue weighted by Gasteiger charge is -2.24. The number of hydrogen-bond donors (Lipinski definition) is 0. The Morgan fingerprint density at radius 1 is 0.862 bits per heavy atom. The number of amides is 2. The lowest BCUT2D eigenvalue weighted by Crippen LogP contribution is -2.30. The van der Waals surface area contributed by atoms with Gasteiger partial charge in [-0.15, -0.1) is 0 Å². The van der Waals surface area contributed by atoms with E-state index in [1.165, 1.54) is 0 Å². The standard InChI is InChI=1S/C24H22N2O3/c27-23(21-12-7-13-22(16-21)26-14-15-29-24(26)28)25(17-19-8-3-1-4-9-19)18-20-10-5-2-6-11-20/h1-13,16H,14-15,17-18H2. The molecule has 2 amide bonds. The van der Waals surface area contributed by atoms with Crippen molar-refractivity contribution in [3.05, 3.63) is 102 Å². The molecule has 4 rings (SSSR count). The van der Waals surface area contributed by atoms with Gasteiger partial charge in [0.2, 0.25) is 0 Å². The number of hydrogen-bond acceptors (Lipinski definition) is 3. The highest BCUT2D eigenvalue weighted by molar-refractivity contribution is 5.97. The summed E-state index contributed by atoms with van der Waals surface area (Å²) in [5, 5.41) is 0. The summed E-state index contributed by atoms with van der Waals surface area (Å²) in [4.78, 5) is 28.7. The van der Waals surface area contributed by atoms with E-state index in [0.29, 0.717) is 37.5 Å². The van der Waals surface area contributed by atoms with Crippen molar-refractivity contribution in [1.82, 2.24) is 4.90 Å². The summed E-state index contributed by atoms with van der Waals surface area (Å²) in [6.07, 6.45) is -0.375. The zero-order valence-corrected chi connectivity index (χ0v) is 16.0. The van der Waals surface area contributed by atoms with Gasteiger partial charge in [0.1, 0.15) is 6.61 Å². The molecule has 1 aliphatic rings. The Morgan fingerprint density at radius 2 is 1.48 bits per heavy atom. The molecule has 5 nitrogen and oxygen atoms in total. The molecule has 1 saturated heterocycles. The summed E-state index contributed by atoms with van der Waals surface area (Å²) in [7, 11) is 0. The molecule has 3 aromatic rings. The summed E-state index contributed by atoms with van der Waals surface area (Å²) in [5.74, 6) is -0.0767. The summed E-state index contributed by atoms with van der Waals surface area (Å²) < 4.78 is 5.02. The first-order valence-corrected chi connectivity index (χ1v) is 9.62. The second-order valence-corrected chi connectivity index (χ2v) is 6.95. The van der Waals surface area contributed by atoms with Crippen LogP contribution in [0, 0.1) is 0 Å². The lowest BCUT2D eigenvalue weighted by atomic mass is 10.1. The topological polar surface area (TPSA) is 49.9 Å². The van der Waals surface area contributed by atoms with E-state index in [0.717, 1.165) is 11.1 Å². The van der Waals surface area contributed by atoms with Crippen LogP contribution in [0.2, 0.25) is 0 Å². The number of cyclic esters (lactones) is 1. The number of rotatable bonds is 6. The first-order chi connectivity index (χ1) is 14.2. The fourth-order valence-electron chi connectivity index (χ4n) is 3.42. The van der Waals surface area contributed by atoms with Crippen LogP contribution in [0.15, 0.2) is 84.9 Å². The molecule has 0 spiro atoms. The van der Waals surface area contributed by atoms with Crippen LogP contribution in [0.1, 0.15) is 21.5 Å². The Bertz CT molecular complexity index is 948. The van der Waals surface area contributed by atoms with Gasteiger partial charge in [-0.25, -0.2) is 4.79 Å². The predicted molar refractivity (Wildman–Crippen MR) is 112 cm³/mol. The minimum atomic E-state index is -0.375. The third-order valence-electron chi connectivity index (χ3n) is 4.89. The molecule has 0 unspecified atom stereocenters. The number of anilines is 1. The van der Waals surface area contributed by atoms with Crippen LogP contribution >= 0.6 is 0 Å². The molecule has 1 aliphatic heterocycles. The van der Waals surface area contributed by atoms with Gasteiger partial charge >= 0.3 is 6.09 Å². The Balaban J connectivity index is 1.61.